The fourth-order valence-electron chi connectivity index (χ4n) is 2.96. The van der Waals surface area contributed by atoms with Gasteiger partial charge in [0.2, 0.25) is 5.91 Å². The molecule has 1 saturated carbocycles. The van der Waals surface area contributed by atoms with Gasteiger partial charge in [0.1, 0.15) is 17.9 Å². The second kappa shape index (κ2) is 6.91. The van der Waals surface area contributed by atoms with Gasteiger partial charge in [0.05, 0.1) is 5.56 Å². The highest BCUT2D eigenvalue weighted by Gasteiger charge is 2.38. The molecule has 126 valence electrons. The van der Waals surface area contributed by atoms with Crippen molar-refractivity contribution in [2.45, 2.75) is 50.8 Å². The van der Waals surface area contributed by atoms with Crippen molar-refractivity contribution in [2.24, 2.45) is 0 Å². The quantitative estimate of drug-likeness (QED) is 0.890. The molecule has 0 radical (unpaired) electrons. The van der Waals surface area contributed by atoms with Gasteiger partial charge in [0, 0.05) is 12.6 Å². The normalized spacial score (nSPS) is 21.0. The van der Waals surface area contributed by atoms with Crippen LogP contribution in [-0.2, 0) is 9.59 Å². The molecule has 6 nitrogen and oxygen atoms in total. The van der Waals surface area contributed by atoms with Crippen molar-refractivity contribution in [3.05, 3.63) is 29.8 Å². The molecule has 1 aromatic carbocycles. The number of amides is 2. The van der Waals surface area contributed by atoms with E-state index in [1.165, 1.54) is 0 Å². The number of likely N-dealkylation sites (tertiary alicyclic amines) is 1. The van der Waals surface area contributed by atoms with Gasteiger partial charge >= 0.3 is 0 Å². The second-order valence-corrected chi connectivity index (χ2v) is 6.34. The molecule has 1 heterocycles. The number of carbonyl (C=O) groups excluding carboxylic acids is 2. The Morgan fingerprint density at radius 2 is 2.08 bits per heavy atom. The SMILES string of the molecule is CC(Oc1ccccc1C#N)C(=O)N1CCCC1C(=O)NC1CC1. The molecule has 6 heteroatoms. The molecule has 2 fully saturated rings. The van der Waals surface area contributed by atoms with Crippen LogP contribution in [0.5, 0.6) is 5.75 Å². The Balaban J connectivity index is 1.65. The molecule has 0 spiro atoms. The van der Waals surface area contributed by atoms with Crippen molar-refractivity contribution >= 4 is 11.8 Å². The third kappa shape index (κ3) is 3.51. The molecule has 2 amide bonds. The number of benzene rings is 1. The predicted molar refractivity (Wildman–Crippen MR) is 87.1 cm³/mol. The number of nitrogens with one attached hydrogen (secondary N) is 1. The fraction of sp³-hybridized carbons (Fsp3) is 0.500. The summed E-state index contributed by atoms with van der Waals surface area (Å²) in [5.74, 6) is 0.114. The Kier molecular flexibility index (Phi) is 4.70. The van der Waals surface area contributed by atoms with Crippen LogP contribution in [0.4, 0.5) is 0 Å². The van der Waals surface area contributed by atoms with Gasteiger partial charge in [-0.1, -0.05) is 12.1 Å². The van der Waals surface area contributed by atoms with E-state index in [1.54, 1.807) is 36.1 Å². The van der Waals surface area contributed by atoms with Crippen LogP contribution in [0, 0.1) is 11.3 Å². The summed E-state index contributed by atoms with van der Waals surface area (Å²) in [5, 5.41) is 12.1. The molecule has 1 aliphatic carbocycles. The van der Waals surface area contributed by atoms with Gasteiger partial charge in [-0.15, -0.1) is 0 Å². The maximum atomic E-state index is 12.7. The second-order valence-electron chi connectivity index (χ2n) is 6.34. The Bertz CT molecular complexity index is 678. The summed E-state index contributed by atoms with van der Waals surface area (Å²) in [6.07, 6.45) is 2.81. The minimum Gasteiger partial charge on any atom is -0.480 e. The molecule has 1 aliphatic heterocycles. The third-order valence-corrected chi connectivity index (χ3v) is 4.42. The first-order chi connectivity index (χ1) is 11.6. The Morgan fingerprint density at radius 3 is 2.79 bits per heavy atom. The van der Waals surface area contributed by atoms with E-state index in [0.717, 1.165) is 19.3 Å². The summed E-state index contributed by atoms with van der Waals surface area (Å²) in [4.78, 5) is 26.6. The summed E-state index contributed by atoms with van der Waals surface area (Å²) in [5.41, 5.74) is 0.390. The highest BCUT2D eigenvalue weighted by atomic mass is 16.5. The number of hydrogen-bond acceptors (Lipinski definition) is 4. The minimum absolute atomic E-state index is 0.0621. The van der Waals surface area contributed by atoms with E-state index in [2.05, 4.69) is 11.4 Å². The summed E-state index contributed by atoms with van der Waals surface area (Å²) in [6.45, 7) is 2.22. The lowest BCUT2D eigenvalue weighted by molar-refractivity contribution is -0.143. The number of rotatable bonds is 5. The van der Waals surface area contributed by atoms with E-state index in [1.807, 2.05) is 0 Å². The largest absolute Gasteiger partial charge is 0.480 e. The molecule has 1 saturated heterocycles. The van der Waals surface area contributed by atoms with Crippen LogP contribution in [0.2, 0.25) is 0 Å². The molecule has 0 bridgehead atoms. The Hall–Kier alpha value is -2.55. The highest BCUT2D eigenvalue weighted by Crippen LogP contribution is 2.24. The number of nitriles is 1. The summed E-state index contributed by atoms with van der Waals surface area (Å²) < 4.78 is 5.69. The standard InChI is InChI=1S/C18H21N3O3/c1-12(24-16-7-3-2-5-13(16)11-19)18(23)21-10-4-6-15(21)17(22)20-14-8-9-14/h2-3,5,7,12,14-15H,4,6,8-10H2,1H3,(H,20,22). The number of para-hydroxylation sites is 1. The zero-order valence-electron chi connectivity index (χ0n) is 13.7. The smallest absolute Gasteiger partial charge is 0.264 e. The first-order valence-corrected chi connectivity index (χ1v) is 8.37. The summed E-state index contributed by atoms with van der Waals surface area (Å²) in [6, 6.07) is 8.75. The van der Waals surface area contributed by atoms with Gasteiger partial charge in [0.25, 0.3) is 5.91 Å². The first-order valence-electron chi connectivity index (χ1n) is 8.37. The van der Waals surface area contributed by atoms with Crippen LogP contribution >= 0.6 is 0 Å². The lowest BCUT2D eigenvalue weighted by Crippen LogP contribution is -2.50. The molecule has 1 N–H and O–H groups in total. The van der Waals surface area contributed by atoms with Gasteiger partial charge in [-0.3, -0.25) is 9.59 Å². The average molecular weight is 327 g/mol. The summed E-state index contributed by atoms with van der Waals surface area (Å²) in [7, 11) is 0. The van der Waals surface area contributed by atoms with Crippen LogP contribution in [0.15, 0.2) is 24.3 Å². The molecular weight excluding hydrogens is 306 g/mol. The minimum atomic E-state index is -0.742. The maximum absolute atomic E-state index is 12.7. The zero-order chi connectivity index (χ0) is 17.1. The van der Waals surface area contributed by atoms with E-state index in [0.29, 0.717) is 24.3 Å². The first kappa shape index (κ1) is 16.3. The predicted octanol–water partition coefficient (Wildman–Crippen LogP) is 1.60. The van der Waals surface area contributed by atoms with Crippen LogP contribution < -0.4 is 10.1 Å². The molecule has 2 aliphatic rings. The Labute approximate surface area is 141 Å². The number of hydrogen-bond donors (Lipinski definition) is 1. The van der Waals surface area contributed by atoms with E-state index >= 15 is 0 Å². The zero-order valence-corrected chi connectivity index (χ0v) is 13.7. The van der Waals surface area contributed by atoms with Gasteiger partial charge in [-0.25, -0.2) is 0 Å². The van der Waals surface area contributed by atoms with Crippen LogP contribution in [-0.4, -0.2) is 41.4 Å². The van der Waals surface area contributed by atoms with E-state index < -0.39 is 12.1 Å². The molecule has 1 aromatic rings. The average Bonchev–Trinajstić information content (AvgIpc) is 3.26. The van der Waals surface area contributed by atoms with Gasteiger partial charge in [0.15, 0.2) is 6.10 Å². The number of ether oxygens (including phenoxy) is 1. The van der Waals surface area contributed by atoms with Crippen molar-refractivity contribution in [1.29, 1.82) is 5.26 Å². The topological polar surface area (TPSA) is 82.4 Å². The van der Waals surface area contributed by atoms with E-state index in [4.69, 9.17) is 10.00 Å². The fourth-order valence-corrected chi connectivity index (χ4v) is 2.96. The molecule has 0 aromatic heterocycles. The van der Waals surface area contributed by atoms with Crippen molar-refractivity contribution in [3.63, 3.8) is 0 Å². The molecule has 24 heavy (non-hydrogen) atoms. The van der Waals surface area contributed by atoms with Crippen LogP contribution in [0.25, 0.3) is 0 Å². The third-order valence-electron chi connectivity index (χ3n) is 4.42. The maximum Gasteiger partial charge on any atom is 0.264 e. The van der Waals surface area contributed by atoms with Crippen molar-refractivity contribution in [2.75, 3.05) is 6.54 Å². The molecular formula is C18H21N3O3. The lowest BCUT2D eigenvalue weighted by Gasteiger charge is -2.27. The number of carbonyl (C=O) groups is 2. The molecule has 2 unspecified atom stereocenters. The summed E-state index contributed by atoms with van der Waals surface area (Å²) >= 11 is 0. The highest BCUT2D eigenvalue weighted by molar-refractivity contribution is 5.90. The number of nitrogens with zero attached hydrogens (tertiary/aromatic N) is 2. The Morgan fingerprint density at radius 1 is 1.33 bits per heavy atom. The molecule has 2 atom stereocenters. The van der Waals surface area contributed by atoms with E-state index in [-0.39, 0.29) is 17.9 Å². The van der Waals surface area contributed by atoms with Gasteiger partial charge in [-0.05, 0) is 44.7 Å². The van der Waals surface area contributed by atoms with Gasteiger partial charge in [-0.2, -0.15) is 5.26 Å². The van der Waals surface area contributed by atoms with E-state index in [9.17, 15) is 9.59 Å². The van der Waals surface area contributed by atoms with Crippen molar-refractivity contribution < 1.29 is 14.3 Å². The molecule has 3 rings (SSSR count). The van der Waals surface area contributed by atoms with Gasteiger partial charge < -0.3 is 15.0 Å². The van der Waals surface area contributed by atoms with Crippen molar-refractivity contribution in [3.8, 4) is 11.8 Å². The van der Waals surface area contributed by atoms with Crippen LogP contribution in [0.3, 0.4) is 0 Å². The van der Waals surface area contributed by atoms with Crippen molar-refractivity contribution in [1.82, 2.24) is 10.2 Å². The monoisotopic (exact) mass is 327 g/mol. The lowest BCUT2D eigenvalue weighted by atomic mass is 10.2. The van der Waals surface area contributed by atoms with Crippen LogP contribution in [0.1, 0.15) is 38.2 Å².